The van der Waals surface area contributed by atoms with Crippen molar-refractivity contribution >= 4 is 11.5 Å². The van der Waals surface area contributed by atoms with Gasteiger partial charge in [-0.25, -0.2) is 4.98 Å². The number of anilines is 2. The van der Waals surface area contributed by atoms with Crippen LogP contribution in [-0.4, -0.2) is 36.1 Å². The number of nitrogens with two attached hydrogens (primary N) is 1. The molecule has 0 spiro atoms. The number of pyridine rings is 1. The molecule has 3 N–H and O–H groups in total. The van der Waals surface area contributed by atoms with E-state index in [2.05, 4.69) is 36.1 Å². The number of hydrogen-bond acceptors (Lipinski definition) is 4. The van der Waals surface area contributed by atoms with Crippen molar-refractivity contribution in [3.8, 4) is 0 Å². The Balaban J connectivity index is 2.10. The van der Waals surface area contributed by atoms with Crippen molar-refractivity contribution in [1.29, 1.82) is 0 Å². The number of nitrogens with one attached hydrogen (secondary N) is 1. The number of aromatic nitrogens is 1. The fourth-order valence-electron chi connectivity index (χ4n) is 1.49. The van der Waals surface area contributed by atoms with Crippen LogP contribution < -0.4 is 11.1 Å². The molecule has 0 bridgehead atoms. The monoisotopic (exact) mass is 236 g/mol. The van der Waals surface area contributed by atoms with Crippen molar-refractivity contribution < 1.29 is 0 Å². The third kappa shape index (κ3) is 5.54. The third-order valence-electron chi connectivity index (χ3n) is 2.93. The van der Waals surface area contributed by atoms with Gasteiger partial charge in [0.15, 0.2) is 0 Å². The molecule has 1 rings (SSSR count). The molecular formula is C13H24N4. The first-order valence-corrected chi connectivity index (χ1v) is 6.25. The predicted octanol–water partition coefficient (Wildman–Crippen LogP) is 2.20. The molecule has 1 aromatic heterocycles. The van der Waals surface area contributed by atoms with E-state index < -0.39 is 0 Å². The fraction of sp³-hybridized carbons (Fsp3) is 0.615. The zero-order chi connectivity index (χ0) is 12.7. The normalized spacial score (nSPS) is 11.1. The first-order valence-electron chi connectivity index (χ1n) is 6.25. The minimum Gasteiger partial charge on any atom is -0.384 e. The maximum Gasteiger partial charge on any atom is 0.123 e. The molecule has 0 aromatic carbocycles. The lowest BCUT2D eigenvalue weighted by molar-refractivity contribution is 0.269. The second-order valence-electron chi connectivity index (χ2n) is 4.68. The van der Waals surface area contributed by atoms with Gasteiger partial charge in [-0.05, 0) is 52.4 Å². The standard InChI is InChI=1S/C13H24N4/c1-11(2)17(3)9-5-4-8-15-12-6-7-13(14)16-10-12/h6-7,10-11,15H,4-5,8-9H2,1-3H3,(H2,14,16). The van der Waals surface area contributed by atoms with E-state index in [0.29, 0.717) is 11.9 Å². The van der Waals surface area contributed by atoms with Crippen LogP contribution in [0.2, 0.25) is 0 Å². The molecule has 0 aliphatic rings. The van der Waals surface area contributed by atoms with Crippen LogP contribution >= 0.6 is 0 Å². The highest BCUT2D eigenvalue weighted by atomic mass is 15.1. The number of unbranched alkanes of at least 4 members (excludes halogenated alkanes) is 1. The molecule has 0 aliphatic heterocycles. The maximum atomic E-state index is 5.52. The molecule has 0 atom stereocenters. The average molecular weight is 236 g/mol. The zero-order valence-corrected chi connectivity index (χ0v) is 11.1. The van der Waals surface area contributed by atoms with Gasteiger partial charge in [0.2, 0.25) is 0 Å². The van der Waals surface area contributed by atoms with Crippen molar-refractivity contribution in [2.75, 3.05) is 31.2 Å². The molecule has 4 heteroatoms. The molecule has 0 saturated carbocycles. The van der Waals surface area contributed by atoms with Crippen molar-refractivity contribution in [2.45, 2.75) is 32.7 Å². The lowest BCUT2D eigenvalue weighted by atomic mass is 10.2. The third-order valence-corrected chi connectivity index (χ3v) is 2.93. The van der Waals surface area contributed by atoms with Gasteiger partial charge in [-0.3, -0.25) is 0 Å². The molecule has 1 heterocycles. The molecule has 17 heavy (non-hydrogen) atoms. The van der Waals surface area contributed by atoms with Crippen molar-refractivity contribution in [2.24, 2.45) is 0 Å². The van der Waals surface area contributed by atoms with Gasteiger partial charge in [0.25, 0.3) is 0 Å². The van der Waals surface area contributed by atoms with Crippen LogP contribution in [0.25, 0.3) is 0 Å². The predicted molar refractivity (Wildman–Crippen MR) is 74.1 cm³/mol. The Labute approximate surface area is 104 Å². The van der Waals surface area contributed by atoms with Gasteiger partial charge < -0.3 is 16.0 Å². The molecule has 0 radical (unpaired) electrons. The average Bonchev–Trinajstić information content (AvgIpc) is 2.30. The molecule has 0 fully saturated rings. The first-order chi connectivity index (χ1) is 8.09. The Hall–Kier alpha value is -1.29. The lowest BCUT2D eigenvalue weighted by Gasteiger charge is -2.20. The molecule has 0 aliphatic carbocycles. The van der Waals surface area contributed by atoms with E-state index in [1.165, 1.54) is 12.8 Å². The summed E-state index contributed by atoms with van der Waals surface area (Å²) in [4.78, 5) is 6.40. The smallest absolute Gasteiger partial charge is 0.123 e. The van der Waals surface area contributed by atoms with E-state index in [1.54, 1.807) is 6.20 Å². The van der Waals surface area contributed by atoms with Gasteiger partial charge >= 0.3 is 0 Å². The quantitative estimate of drug-likeness (QED) is 0.713. The summed E-state index contributed by atoms with van der Waals surface area (Å²) in [6.45, 7) is 6.58. The summed E-state index contributed by atoms with van der Waals surface area (Å²) in [5.41, 5.74) is 6.56. The largest absolute Gasteiger partial charge is 0.384 e. The first kappa shape index (κ1) is 13.8. The van der Waals surface area contributed by atoms with E-state index >= 15 is 0 Å². The summed E-state index contributed by atoms with van der Waals surface area (Å²) in [7, 11) is 2.17. The van der Waals surface area contributed by atoms with Gasteiger partial charge in [0.1, 0.15) is 5.82 Å². The van der Waals surface area contributed by atoms with Gasteiger partial charge in [-0.2, -0.15) is 0 Å². The second-order valence-corrected chi connectivity index (χ2v) is 4.68. The summed E-state index contributed by atoms with van der Waals surface area (Å²) in [6, 6.07) is 4.40. The Morgan fingerprint density at radius 3 is 2.71 bits per heavy atom. The van der Waals surface area contributed by atoms with Gasteiger partial charge in [-0.1, -0.05) is 0 Å². The molecule has 96 valence electrons. The van der Waals surface area contributed by atoms with Gasteiger partial charge in [-0.15, -0.1) is 0 Å². The van der Waals surface area contributed by atoms with Crippen LogP contribution in [0.3, 0.4) is 0 Å². The molecule has 4 nitrogen and oxygen atoms in total. The highest BCUT2D eigenvalue weighted by Gasteiger charge is 2.01. The number of rotatable bonds is 7. The summed E-state index contributed by atoms with van der Waals surface area (Å²) in [6.07, 6.45) is 4.15. The van der Waals surface area contributed by atoms with Crippen LogP contribution in [0, 0.1) is 0 Å². The van der Waals surface area contributed by atoms with Crippen LogP contribution in [0.5, 0.6) is 0 Å². The van der Waals surface area contributed by atoms with Crippen molar-refractivity contribution in [3.05, 3.63) is 18.3 Å². The van der Waals surface area contributed by atoms with Crippen LogP contribution in [-0.2, 0) is 0 Å². The molecule has 0 amide bonds. The van der Waals surface area contributed by atoms with Crippen molar-refractivity contribution in [3.63, 3.8) is 0 Å². The molecular weight excluding hydrogens is 212 g/mol. The Morgan fingerprint density at radius 2 is 2.12 bits per heavy atom. The Morgan fingerprint density at radius 1 is 1.35 bits per heavy atom. The van der Waals surface area contributed by atoms with Gasteiger partial charge in [0, 0.05) is 12.6 Å². The zero-order valence-electron chi connectivity index (χ0n) is 11.1. The highest BCUT2D eigenvalue weighted by Crippen LogP contribution is 2.07. The number of nitrogens with zero attached hydrogens (tertiary/aromatic N) is 2. The van der Waals surface area contributed by atoms with Crippen LogP contribution in [0.1, 0.15) is 26.7 Å². The van der Waals surface area contributed by atoms with E-state index in [4.69, 9.17) is 5.73 Å². The SMILES string of the molecule is CC(C)N(C)CCCCNc1ccc(N)nc1. The Kier molecular flexibility index (Phi) is 5.77. The summed E-state index contributed by atoms with van der Waals surface area (Å²) < 4.78 is 0. The van der Waals surface area contributed by atoms with Crippen LogP contribution in [0.4, 0.5) is 11.5 Å². The highest BCUT2D eigenvalue weighted by molar-refractivity contribution is 5.45. The van der Waals surface area contributed by atoms with Gasteiger partial charge in [0.05, 0.1) is 11.9 Å². The second kappa shape index (κ2) is 7.12. The molecule has 1 aromatic rings. The van der Waals surface area contributed by atoms with Crippen molar-refractivity contribution in [1.82, 2.24) is 9.88 Å². The minimum absolute atomic E-state index is 0.564. The van der Waals surface area contributed by atoms with E-state index in [9.17, 15) is 0 Å². The van der Waals surface area contributed by atoms with E-state index in [1.807, 2.05) is 12.1 Å². The summed E-state index contributed by atoms with van der Waals surface area (Å²) in [5.74, 6) is 0.564. The molecule has 0 unspecified atom stereocenters. The molecule has 0 saturated heterocycles. The van der Waals surface area contributed by atoms with E-state index in [0.717, 1.165) is 18.8 Å². The maximum absolute atomic E-state index is 5.52. The topological polar surface area (TPSA) is 54.2 Å². The van der Waals surface area contributed by atoms with E-state index in [-0.39, 0.29) is 0 Å². The van der Waals surface area contributed by atoms with Crippen LogP contribution in [0.15, 0.2) is 18.3 Å². The summed E-state index contributed by atoms with van der Waals surface area (Å²) in [5, 5.41) is 3.34. The lowest BCUT2D eigenvalue weighted by Crippen LogP contribution is -2.27. The Bertz CT molecular complexity index is 308. The summed E-state index contributed by atoms with van der Waals surface area (Å²) >= 11 is 0. The number of hydrogen-bond donors (Lipinski definition) is 2. The fourth-order valence-corrected chi connectivity index (χ4v) is 1.49. The minimum atomic E-state index is 0.564. The number of nitrogen functional groups attached to an aromatic ring is 1.